The van der Waals surface area contributed by atoms with Crippen LogP contribution in [0.2, 0.25) is 0 Å². The molecule has 1 rings (SSSR count). The lowest BCUT2D eigenvalue weighted by molar-refractivity contribution is -0.542. The van der Waals surface area contributed by atoms with Crippen LogP contribution < -0.4 is 0 Å². The molecule has 0 bridgehead atoms. The second kappa shape index (κ2) is 8.76. The Balaban J connectivity index is 3.08. The highest BCUT2D eigenvalue weighted by Gasteiger charge is 2.61. The van der Waals surface area contributed by atoms with Gasteiger partial charge in [-0.2, -0.15) is 0 Å². The third-order valence-corrected chi connectivity index (χ3v) is 3.35. The predicted molar refractivity (Wildman–Crippen MR) is 83.0 cm³/mol. The van der Waals surface area contributed by atoms with Gasteiger partial charge >= 0.3 is 17.5 Å². The van der Waals surface area contributed by atoms with E-state index in [9.17, 15) is 24.5 Å². The molecule has 130 valence electrons. The van der Waals surface area contributed by atoms with Crippen LogP contribution >= 0.6 is 0 Å². The number of ketones is 1. The lowest BCUT2D eigenvalue weighted by atomic mass is 9.91. The zero-order chi connectivity index (χ0) is 18.2. The summed E-state index contributed by atoms with van der Waals surface area (Å²) >= 11 is 0. The molecule has 0 saturated heterocycles. The van der Waals surface area contributed by atoms with Gasteiger partial charge in [0.1, 0.15) is 0 Å². The summed E-state index contributed by atoms with van der Waals surface area (Å²) in [7, 11) is 0. The zero-order valence-corrected chi connectivity index (χ0v) is 13.5. The van der Waals surface area contributed by atoms with Gasteiger partial charge in [0.05, 0.1) is 18.1 Å². The van der Waals surface area contributed by atoms with Gasteiger partial charge in [-0.15, -0.1) is 0 Å². The molecule has 8 heteroatoms. The van der Waals surface area contributed by atoms with Crippen LogP contribution in [0.1, 0.15) is 37.0 Å². The van der Waals surface area contributed by atoms with Gasteiger partial charge in [0, 0.05) is 18.4 Å². The number of benzene rings is 1. The Hall–Kier alpha value is -2.77. The number of carbonyl (C=O) groups excluding carboxylic acids is 3. The van der Waals surface area contributed by atoms with Crippen LogP contribution in [0.4, 0.5) is 0 Å². The predicted octanol–water partition coefficient (Wildman–Crippen LogP) is 1.79. The second-order valence-corrected chi connectivity index (χ2v) is 4.85. The van der Waals surface area contributed by atoms with Gasteiger partial charge in [0.25, 0.3) is 0 Å². The molecule has 0 saturated carbocycles. The molecule has 0 aliphatic rings. The summed E-state index contributed by atoms with van der Waals surface area (Å²) in [6, 6.07) is 8.10. The average Bonchev–Trinajstić information content (AvgIpc) is 2.56. The fraction of sp³-hybridized carbons (Fsp3) is 0.438. The smallest absolute Gasteiger partial charge is 0.410 e. The molecular weight excluding hydrogens is 318 g/mol. The normalized spacial score (nSPS) is 10.8. The highest BCUT2D eigenvalue weighted by molar-refractivity contribution is 6.04. The Labute approximate surface area is 138 Å². The minimum Gasteiger partial charge on any atom is -0.460 e. The molecular formula is C16H19NO7. The highest BCUT2D eigenvalue weighted by atomic mass is 16.7. The first-order chi connectivity index (χ1) is 11.4. The highest BCUT2D eigenvalue weighted by Crippen LogP contribution is 2.23. The van der Waals surface area contributed by atoms with E-state index in [1.165, 1.54) is 13.8 Å². The molecule has 0 aromatic heterocycles. The summed E-state index contributed by atoms with van der Waals surface area (Å²) in [5, 5.41) is 11.5. The lowest BCUT2D eigenvalue weighted by Crippen LogP contribution is -2.55. The van der Waals surface area contributed by atoms with Gasteiger partial charge in [-0.3, -0.25) is 14.9 Å². The maximum Gasteiger partial charge on any atom is 0.410 e. The number of carbonyl (C=O) groups is 3. The second-order valence-electron chi connectivity index (χ2n) is 4.85. The van der Waals surface area contributed by atoms with Crippen molar-refractivity contribution in [1.82, 2.24) is 0 Å². The first-order valence-electron chi connectivity index (χ1n) is 7.47. The van der Waals surface area contributed by atoms with Crippen molar-refractivity contribution in [2.24, 2.45) is 0 Å². The van der Waals surface area contributed by atoms with Crippen molar-refractivity contribution >= 4 is 17.7 Å². The number of Topliss-reactive ketones (excluding diaryl/α,β-unsaturated/α-hetero) is 1. The Morgan fingerprint density at radius 3 is 1.96 bits per heavy atom. The van der Waals surface area contributed by atoms with Crippen molar-refractivity contribution in [2.75, 3.05) is 13.2 Å². The number of hydrogen-bond acceptors (Lipinski definition) is 7. The van der Waals surface area contributed by atoms with E-state index in [2.05, 4.69) is 9.47 Å². The van der Waals surface area contributed by atoms with Gasteiger partial charge in [0.2, 0.25) is 0 Å². The molecule has 24 heavy (non-hydrogen) atoms. The summed E-state index contributed by atoms with van der Waals surface area (Å²) in [5.74, 6) is -3.07. The van der Waals surface area contributed by atoms with Gasteiger partial charge in [-0.1, -0.05) is 30.3 Å². The number of rotatable bonds is 9. The van der Waals surface area contributed by atoms with Crippen molar-refractivity contribution in [3.63, 3.8) is 0 Å². The van der Waals surface area contributed by atoms with E-state index in [1.54, 1.807) is 30.3 Å². The van der Waals surface area contributed by atoms with E-state index in [0.717, 1.165) is 0 Å². The maximum absolute atomic E-state index is 12.1. The molecule has 0 atom stereocenters. The fourth-order valence-corrected chi connectivity index (χ4v) is 2.09. The minimum atomic E-state index is -2.74. The molecule has 0 aliphatic heterocycles. The van der Waals surface area contributed by atoms with Gasteiger partial charge < -0.3 is 9.47 Å². The molecule has 0 fully saturated rings. The van der Waals surface area contributed by atoms with Crippen LogP contribution in [0.15, 0.2) is 30.3 Å². The van der Waals surface area contributed by atoms with E-state index in [4.69, 9.17) is 0 Å². The quantitative estimate of drug-likeness (QED) is 0.222. The maximum atomic E-state index is 12.1. The van der Waals surface area contributed by atoms with Crippen LogP contribution in [-0.2, 0) is 19.1 Å². The molecule has 0 radical (unpaired) electrons. The largest absolute Gasteiger partial charge is 0.460 e. The first-order valence-corrected chi connectivity index (χ1v) is 7.47. The number of esters is 2. The average molecular weight is 337 g/mol. The van der Waals surface area contributed by atoms with Crippen molar-refractivity contribution in [3.05, 3.63) is 46.0 Å². The summed E-state index contributed by atoms with van der Waals surface area (Å²) in [5.41, 5.74) is -2.40. The molecule has 0 amide bonds. The SMILES string of the molecule is CCOC(=O)C(CCC(=O)c1ccccc1)(C(=O)OCC)[N+](=O)[O-]. The Kier molecular flexibility index (Phi) is 7.03. The summed E-state index contributed by atoms with van der Waals surface area (Å²) in [4.78, 5) is 46.8. The third-order valence-electron chi connectivity index (χ3n) is 3.35. The van der Waals surface area contributed by atoms with Crippen molar-refractivity contribution in [1.29, 1.82) is 0 Å². The third kappa shape index (κ3) is 4.15. The van der Waals surface area contributed by atoms with E-state index in [0.29, 0.717) is 5.56 Å². The standard InChI is InChI=1S/C16H19NO7/c1-3-23-14(19)16(17(21)22,15(20)24-4-2)11-10-13(18)12-8-6-5-7-9-12/h5-9H,3-4,10-11H2,1-2H3. The topological polar surface area (TPSA) is 113 Å². The van der Waals surface area contributed by atoms with Crippen molar-refractivity contribution in [2.45, 2.75) is 32.2 Å². The van der Waals surface area contributed by atoms with Crippen LogP contribution in [-0.4, -0.2) is 41.4 Å². The van der Waals surface area contributed by atoms with Crippen LogP contribution in [0.5, 0.6) is 0 Å². The van der Waals surface area contributed by atoms with E-state index < -0.39 is 34.6 Å². The summed E-state index contributed by atoms with van der Waals surface area (Å²) in [6.45, 7) is 2.65. The summed E-state index contributed by atoms with van der Waals surface area (Å²) in [6.07, 6.45) is -1.01. The zero-order valence-electron chi connectivity index (χ0n) is 13.5. The molecule has 0 heterocycles. The van der Waals surface area contributed by atoms with Crippen LogP contribution in [0, 0.1) is 10.1 Å². The molecule has 1 aromatic rings. The molecule has 1 aromatic carbocycles. The summed E-state index contributed by atoms with van der Waals surface area (Å²) < 4.78 is 9.36. The van der Waals surface area contributed by atoms with Crippen molar-refractivity contribution in [3.8, 4) is 0 Å². The number of nitro groups is 1. The number of nitrogens with zero attached hydrogens (tertiary/aromatic N) is 1. The van der Waals surface area contributed by atoms with Crippen molar-refractivity contribution < 1.29 is 28.8 Å². The Morgan fingerprint density at radius 1 is 1.04 bits per heavy atom. The van der Waals surface area contributed by atoms with Gasteiger partial charge in [-0.25, -0.2) is 9.59 Å². The first kappa shape index (κ1) is 19.3. The van der Waals surface area contributed by atoms with Gasteiger partial charge in [0.15, 0.2) is 5.78 Å². The lowest BCUT2D eigenvalue weighted by Gasteiger charge is -2.21. The fourth-order valence-electron chi connectivity index (χ4n) is 2.09. The molecule has 8 nitrogen and oxygen atoms in total. The van der Waals surface area contributed by atoms with Gasteiger partial charge in [-0.05, 0) is 13.8 Å². The van der Waals surface area contributed by atoms with E-state index in [-0.39, 0.29) is 19.6 Å². The van der Waals surface area contributed by atoms with E-state index >= 15 is 0 Å². The molecule has 0 N–H and O–H groups in total. The minimum absolute atomic E-state index is 0.138. The molecule has 0 spiro atoms. The Bertz CT molecular complexity index is 594. The van der Waals surface area contributed by atoms with E-state index in [1.807, 2.05) is 0 Å². The van der Waals surface area contributed by atoms with Crippen LogP contribution in [0.25, 0.3) is 0 Å². The monoisotopic (exact) mass is 337 g/mol. The molecule has 0 unspecified atom stereocenters. The Morgan fingerprint density at radius 2 is 1.54 bits per heavy atom. The number of ether oxygens (including phenoxy) is 2. The molecule has 0 aliphatic carbocycles. The number of hydrogen-bond donors (Lipinski definition) is 0. The van der Waals surface area contributed by atoms with Crippen LogP contribution in [0.3, 0.4) is 0 Å².